The van der Waals surface area contributed by atoms with Gasteiger partial charge in [0, 0.05) is 43.2 Å². The van der Waals surface area contributed by atoms with Crippen LogP contribution in [0.5, 0.6) is 0 Å². The molecule has 4 rings (SSSR count). The molecule has 1 N–H and O–H groups in total. The summed E-state index contributed by atoms with van der Waals surface area (Å²) in [6, 6.07) is 9.65. The molecular formula is C25H31N3O5S. The second-order valence-corrected chi connectivity index (χ2v) is 9.70. The van der Waals surface area contributed by atoms with E-state index in [1.807, 2.05) is 47.1 Å². The average molecular weight is 486 g/mol. The van der Waals surface area contributed by atoms with E-state index in [2.05, 4.69) is 5.32 Å². The van der Waals surface area contributed by atoms with Crippen LogP contribution < -0.4 is 5.32 Å². The molecule has 2 saturated heterocycles. The summed E-state index contributed by atoms with van der Waals surface area (Å²) in [5.74, 6) is -0.573. The number of hydrogen-bond acceptors (Lipinski definition) is 7. The lowest BCUT2D eigenvalue weighted by atomic mass is 10.0. The minimum atomic E-state index is -0.442. The highest BCUT2D eigenvalue weighted by molar-refractivity contribution is 7.17. The summed E-state index contributed by atoms with van der Waals surface area (Å²) >= 11 is 1.38. The van der Waals surface area contributed by atoms with Crippen molar-refractivity contribution in [3.63, 3.8) is 0 Å². The van der Waals surface area contributed by atoms with Crippen LogP contribution in [0.3, 0.4) is 0 Å². The zero-order chi connectivity index (χ0) is 24.1. The predicted molar refractivity (Wildman–Crippen MR) is 131 cm³/mol. The van der Waals surface area contributed by atoms with Crippen LogP contribution in [0.15, 0.2) is 30.3 Å². The van der Waals surface area contributed by atoms with Gasteiger partial charge in [0.15, 0.2) is 0 Å². The molecule has 9 heteroatoms. The number of nitrogens with one attached hydrogen (secondary N) is 1. The molecule has 2 amide bonds. The van der Waals surface area contributed by atoms with Crippen LogP contribution in [0.4, 0.5) is 5.00 Å². The third-order valence-electron chi connectivity index (χ3n) is 6.14. The number of nitrogens with zero attached hydrogens (tertiary/aromatic N) is 2. The van der Waals surface area contributed by atoms with Crippen molar-refractivity contribution >= 4 is 34.1 Å². The number of hydrogen-bond donors (Lipinski definition) is 1. The molecule has 0 bridgehead atoms. The van der Waals surface area contributed by atoms with E-state index in [1.54, 1.807) is 6.92 Å². The highest BCUT2D eigenvalue weighted by Crippen LogP contribution is 2.40. The molecule has 2 aliphatic heterocycles. The van der Waals surface area contributed by atoms with Gasteiger partial charge < -0.3 is 19.7 Å². The first-order valence-electron chi connectivity index (χ1n) is 11.8. The number of piperazine rings is 1. The van der Waals surface area contributed by atoms with Gasteiger partial charge in [-0.2, -0.15) is 0 Å². The first-order chi connectivity index (χ1) is 16.5. The first-order valence-corrected chi connectivity index (χ1v) is 12.6. The predicted octanol–water partition coefficient (Wildman–Crippen LogP) is 3.16. The van der Waals surface area contributed by atoms with Gasteiger partial charge in [0.05, 0.1) is 13.2 Å². The number of thiophene rings is 1. The molecule has 2 fully saturated rings. The van der Waals surface area contributed by atoms with E-state index in [0.717, 1.165) is 28.8 Å². The van der Waals surface area contributed by atoms with Gasteiger partial charge in [-0.05, 0) is 32.3 Å². The van der Waals surface area contributed by atoms with Gasteiger partial charge in [-0.3, -0.25) is 14.5 Å². The third kappa shape index (κ3) is 5.48. The molecule has 3 heterocycles. The van der Waals surface area contributed by atoms with Crippen LogP contribution in [0, 0.1) is 6.92 Å². The number of rotatable bonds is 7. The van der Waals surface area contributed by atoms with E-state index in [9.17, 15) is 14.4 Å². The van der Waals surface area contributed by atoms with Crippen molar-refractivity contribution in [1.82, 2.24) is 9.80 Å². The van der Waals surface area contributed by atoms with Gasteiger partial charge in [0.1, 0.15) is 16.7 Å². The molecule has 1 unspecified atom stereocenters. The van der Waals surface area contributed by atoms with Crippen LogP contribution in [0.2, 0.25) is 0 Å². The van der Waals surface area contributed by atoms with E-state index in [0.29, 0.717) is 43.4 Å². The fourth-order valence-corrected chi connectivity index (χ4v) is 5.54. The second kappa shape index (κ2) is 11.1. The number of anilines is 1. The van der Waals surface area contributed by atoms with Crippen molar-refractivity contribution in [3.8, 4) is 11.1 Å². The van der Waals surface area contributed by atoms with E-state index in [1.165, 1.54) is 11.3 Å². The number of esters is 1. The minimum absolute atomic E-state index is 0.0585. The molecule has 8 nitrogen and oxygen atoms in total. The van der Waals surface area contributed by atoms with Gasteiger partial charge in [-0.25, -0.2) is 4.79 Å². The van der Waals surface area contributed by atoms with Gasteiger partial charge >= 0.3 is 5.97 Å². The molecule has 1 aromatic heterocycles. The Morgan fingerprint density at radius 2 is 1.88 bits per heavy atom. The molecule has 0 aliphatic carbocycles. The lowest BCUT2D eigenvalue weighted by molar-refractivity contribution is -0.142. The van der Waals surface area contributed by atoms with Gasteiger partial charge in [-0.1, -0.05) is 30.3 Å². The highest BCUT2D eigenvalue weighted by Gasteiger charge is 2.31. The zero-order valence-corrected chi connectivity index (χ0v) is 20.5. The summed E-state index contributed by atoms with van der Waals surface area (Å²) in [6.45, 7) is 7.21. The molecule has 182 valence electrons. The molecule has 0 saturated carbocycles. The minimum Gasteiger partial charge on any atom is -0.462 e. The molecule has 2 aromatic rings. The van der Waals surface area contributed by atoms with Crippen molar-refractivity contribution < 1.29 is 23.9 Å². The number of carbonyl (C=O) groups excluding carboxylic acids is 3. The Bertz CT molecular complexity index is 1020. The van der Waals surface area contributed by atoms with E-state index in [-0.39, 0.29) is 31.1 Å². The van der Waals surface area contributed by atoms with E-state index >= 15 is 0 Å². The van der Waals surface area contributed by atoms with Gasteiger partial charge in [-0.15, -0.1) is 11.3 Å². The number of carbonyl (C=O) groups is 3. The lowest BCUT2D eigenvalue weighted by Gasteiger charge is -2.35. The molecule has 2 aliphatic rings. The Morgan fingerprint density at radius 1 is 1.15 bits per heavy atom. The number of ether oxygens (including phenoxy) is 2. The summed E-state index contributed by atoms with van der Waals surface area (Å²) < 4.78 is 10.8. The molecule has 1 atom stereocenters. The quantitative estimate of drug-likeness (QED) is 0.606. The summed E-state index contributed by atoms with van der Waals surface area (Å²) in [5, 5.41) is 3.45. The summed E-state index contributed by atoms with van der Waals surface area (Å²) in [7, 11) is 0. The molecular weight excluding hydrogens is 454 g/mol. The maximum atomic E-state index is 12.9. The topological polar surface area (TPSA) is 88.2 Å². The average Bonchev–Trinajstić information content (AvgIpc) is 3.48. The van der Waals surface area contributed by atoms with E-state index < -0.39 is 5.97 Å². The summed E-state index contributed by atoms with van der Waals surface area (Å²) in [5.41, 5.74) is 2.10. The summed E-state index contributed by atoms with van der Waals surface area (Å²) in [6.07, 6.45) is 1.41. The Morgan fingerprint density at radius 3 is 2.53 bits per heavy atom. The highest BCUT2D eigenvalue weighted by atomic mass is 32.1. The Hall–Kier alpha value is -2.75. The largest absolute Gasteiger partial charge is 0.462 e. The fourth-order valence-electron chi connectivity index (χ4n) is 4.45. The number of amides is 2. The van der Waals surface area contributed by atoms with Crippen LogP contribution >= 0.6 is 11.3 Å². The first kappa shape index (κ1) is 24.4. The van der Waals surface area contributed by atoms with Crippen molar-refractivity contribution in [2.24, 2.45) is 0 Å². The van der Waals surface area contributed by atoms with Crippen LogP contribution in [-0.2, 0) is 19.1 Å². The standard InChI is InChI=1S/C25H31N3O5S/c1-3-32-25(31)22-21(18-8-5-4-6-9-18)17(2)34-23(22)26-20(29)16-27-11-13-28(14-12-27)24(30)19-10-7-15-33-19/h4-6,8-9,19H,3,7,10-16H2,1-2H3,(H,26,29). The lowest BCUT2D eigenvalue weighted by Crippen LogP contribution is -2.52. The Balaban J connectivity index is 1.41. The second-order valence-electron chi connectivity index (χ2n) is 8.48. The molecule has 0 radical (unpaired) electrons. The summed E-state index contributed by atoms with van der Waals surface area (Å²) in [4.78, 5) is 43.1. The van der Waals surface area contributed by atoms with Crippen molar-refractivity contribution in [3.05, 3.63) is 40.8 Å². The smallest absolute Gasteiger partial charge is 0.341 e. The van der Waals surface area contributed by atoms with Gasteiger partial charge in [0.2, 0.25) is 5.91 Å². The van der Waals surface area contributed by atoms with Crippen molar-refractivity contribution in [2.75, 3.05) is 51.3 Å². The molecule has 34 heavy (non-hydrogen) atoms. The normalized spacial score (nSPS) is 18.6. The Kier molecular flexibility index (Phi) is 7.97. The van der Waals surface area contributed by atoms with Crippen LogP contribution in [-0.4, -0.2) is 79.6 Å². The third-order valence-corrected chi connectivity index (χ3v) is 7.16. The van der Waals surface area contributed by atoms with E-state index in [4.69, 9.17) is 9.47 Å². The SMILES string of the molecule is CCOC(=O)c1c(NC(=O)CN2CCN(C(=O)C3CCCO3)CC2)sc(C)c1-c1ccccc1. The van der Waals surface area contributed by atoms with Crippen LogP contribution in [0.1, 0.15) is 35.0 Å². The van der Waals surface area contributed by atoms with Crippen molar-refractivity contribution in [1.29, 1.82) is 0 Å². The monoisotopic (exact) mass is 485 g/mol. The Labute approximate surface area is 203 Å². The zero-order valence-electron chi connectivity index (χ0n) is 19.7. The molecule has 1 aromatic carbocycles. The number of aryl methyl sites for hydroxylation is 1. The van der Waals surface area contributed by atoms with Gasteiger partial charge in [0.25, 0.3) is 5.91 Å². The van der Waals surface area contributed by atoms with Crippen LogP contribution in [0.25, 0.3) is 11.1 Å². The van der Waals surface area contributed by atoms with Crippen molar-refractivity contribution in [2.45, 2.75) is 32.8 Å². The molecule has 0 spiro atoms. The fraction of sp³-hybridized carbons (Fsp3) is 0.480. The number of benzene rings is 1. The maximum absolute atomic E-state index is 12.9. The maximum Gasteiger partial charge on any atom is 0.341 e.